The molecule has 0 aliphatic rings. The molecule has 1 N–H and O–H groups in total. The van der Waals surface area contributed by atoms with Gasteiger partial charge < -0.3 is 15.0 Å². The molecule has 3 aromatic carbocycles. The van der Waals surface area contributed by atoms with E-state index >= 15 is 0 Å². The quantitative estimate of drug-likeness (QED) is 0.243. The summed E-state index contributed by atoms with van der Waals surface area (Å²) < 4.78 is 6.86. The van der Waals surface area contributed by atoms with E-state index in [1.54, 1.807) is 23.1 Å². The molecule has 2 atom stereocenters. The number of halogens is 3. The summed E-state index contributed by atoms with van der Waals surface area (Å²) in [5.74, 6) is 0.0395. The van der Waals surface area contributed by atoms with Crippen LogP contribution in [0.15, 0.2) is 72.8 Å². The van der Waals surface area contributed by atoms with Crippen molar-refractivity contribution in [2.24, 2.45) is 0 Å². The van der Waals surface area contributed by atoms with Gasteiger partial charge in [-0.3, -0.25) is 9.59 Å². The Hall–Kier alpha value is -2.29. The highest BCUT2D eigenvalue weighted by Crippen LogP contribution is 2.24. The molecule has 0 heterocycles. The molecule has 0 radical (unpaired) electrons. The molecule has 2 amide bonds. The first-order valence-corrected chi connectivity index (χ1v) is 13.6. The number of carbonyl (C=O) groups excluding carboxylic acids is 2. The van der Waals surface area contributed by atoms with E-state index in [9.17, 15) is 9.59 Å². The Kier molecular flexibility index (Phi) is 10.9. The number of nitrogens with one attached hydrogen (secondary N) is 1. The SMILES string of the molecule is CC[C@@H](C)NC(=O)[C@@H](Cc1ccccc1)N(Cc1ccc(Cl)cc1Cl)C(=O)COc1ccc(I)cc1. The normalized spacial score (nSPS) is 12.5. The highest BCUT2D eigenvalue weighted by molar-refractivity contribution is 14.1. The van der Waals surface area contributed by atoms with E-state index < -0.39 is 6.04 Å². The number of amides is 2. The second-order valence-corrected chi connectivity index (χ2v) is 10.6. The van der Waals surface area contributed by atoms with Gasteiger partial charge >= 0.3 is 0 Å². The molecule has 0 fully saturated rings. The first kappa shape index (κ1) is 28.3. The van der Waals surface area contributed by atoms with Crippen molar-refractivity contribution in [2.45, 2.75) is 45.3 Å². The highest BCUT2D eigenvalue weighted by atomic mass is 127. The fraction of sp³-hybridized carbons (Fsp3) is 0.286. The highest BCUT2D eigenvalue weighted by Gasteiger charge is 2.31. The molecule has 0 spiro atoms. The molecule has 0 saturated heterocycles. The lowest BCUT2D eigenvalue weighted by Crippen LogP contribution is -2.53. The van der Waals surface area contributed by atoms with Crippen LogP contribution in [0.25, 0.3) is 0 Å². The van der Waals surface area contributed by atoms with E-state index in [0.29, 0.717) is 27.8 Å². The molecule has 0 aromatic heterocycles. The van der Waals surface area contributed by atoms with Gasteiger partial charge in [0.2, 0.25) is 5.91 Å². The largest absolute Gasteiger partial charge is 0.484 e. The van der Waals surface area contributed by atoms with Crippen molar-refractivity contribution in [1.29, 1.82) is 0 Å². The zero-order chi connectivity index (χ0) is 26.1. The van der Waals surface area contributed by atoms with Crippen LogP contribution >= 0.6 is 45.8 Å². The number of rotatable bonds is 11. The lowest BCUT2D eigenvalue weighted by Gasteiger charge is -2.32. The summed E-state index contributed by atoms with van der Waals surface area (Å²) in [5, 5.41) is 3.98. The molecule has 0 aliphatic heterocycles. The van der Waals surface area contributed by atoms with Crippen LogP contribution in [0.1, 0.15) is 31.4 Å². The van der Waals surface area contributed by atoms with Crippen molar-refractivity contribution in [2.75, 3.05) is 6.61 Å². The summed E-state index contributed by atoms with van der Waals surface area (Å²) in [6.45, 7) is 3.87. The molecule has 190 valence electrons. The number of hydrogen-bond donors (Lipinski definition) is 1. The minimum absolute atomic E-state index is 0.0325. The van der Waals surface area contributed by atoms with Gasteiger partial charge in [0.15, 0.2) is 6.61 Å². The van der Waals surface area contributed by atoms with E-state index in [0.717, 1.165) is 15.6 Å². The maximum absolute atomic E-state index is 13.6. The predicted molar refractivity (Wildman–Crippen MR) is 153 cm³/mol. The van der Waals surface area contributed by atoms with E-state index in [4.69, 9.17) is 27.9 Å². The Morgan fingerprint density at radius 1 is 1.03 bits per heavy atom. The molecular formula is C28H29Cl2IN2O3. The van der Waals surface area contributed by atoms with Crippen LogP contribution in [-0.4, -0.2) is 35.4 Å². The number of ether oxygens (including phenoxy) is 1. The van der Waals surface area contributed by atoms with Crippen LogP contribution in [0.4, 0.5) is 0 Å². The maximum atomic E-state index is 13.6. The zero-order valence-electron chi connectivity index (χ0n) is 20.2. The Morgan fingerprint density at radius 2 is 1.72 bits per heavy atom. The maximum Gasteiger partial charge on any atom is 0.261 e. The lowest BCUT2D eigenvalue weighted by atomic mass is 10.0. The predicted octanol–water partition coefficient (Wildman–Crippen LogP) is 6.53. The van der Waals surface area contributed by atoms with Gasteiger partial charge in [-0.1, -0.05) is 66.5 Å². The van der Waals surface area contributed by atoms with E-state index in [1.807, 2.05) is 68.4 Å². The van der Waals surface area contributed by atoms with Gasteiger partial charge in [0, 0.05) is 32.6 Å². The van der Waals surface area contributed by atoms with Crippen LogP contribution in [0.3, 0.4) is 0 Å². The number of benzene rings is 3. The van der Waals surface area contributed by atoms with Crippen molar-refractivity contribution >= 4 is 57.6 Å². The van der Waals surface area contributed by atoms with Crippen molar-refractivity contribution in [3.8, 4) is 5.75 Å². The van der Waals surface area contributed by atoms with Crippen molar-refractivity contribution in [3.05, 3.63) is 97.5 Å². The van der Waals surface area contributed by atoms with Gasteiger partial charge in [0.05, 0.1) is 0 Å². The topological polar surface area (TPSA) is 58.6 Å². The molecule has 36 heavy (non-hydrogen) atoms. The third-order valence-electron chi connectivity index (χ3n) is 5.80. The standard InChI is InChI=1S/C28H29Cl2IN2O3/c1-3-19(2)32-28(35)26(15-20-7-5-4-6-8-20)33(17-21-9-10-22(29)16-25(21)30)27(34)18-36-24-13-11-23(31)12-14-24/h4-14,16,19,26H,3,15,17-18H2,1-2H3,(H,32,35)/t19-,26-/m1/s1. The average Bonchev–Trinajstić information content (AvgIpc) is 2.87. The summed E-state index contributed by atoms with van der Waals surface area (Å²) in [6.07, 6.45) is 1.13. The van der Waals surface area contributed by atoms with Gasteiger partial charge in [-0.05, 0) is 83.5 Å². The van der Waals surface area contributed by atoms with Gasteiger partial charge in [-0.15, -0.1) is 0 Å². The summed E-state index contributed by atoms with van der Waals surface area (Å²) >= 11 is 14.8. The fourth-order valence-corrected chi connectivity index (χ4v) is 4.42. The summed E-state index contributed by atoms with van der Waals surface area (Å²) in [5.41, 5.74) is 1.64. The van der Waals surface area contributed by atoms with Crippen LogP contribution < -0.4 is 10.1 Å². The number of carbonyl (C=O) groups is 2. The molecule has 8 heteroatoms. The van der Waals surface area contributed by atoms with Crippen molar-refractivity contribution in [3.63, 3.8) is 0 Å². The minimum atomic E-state index is -0.763. The molecule has 0 aliphatic carbocycles. The van der Waals surface area contributed by atoms with Gasteiger partial charge in [-0.2, -0.15) is 0 Å². The van der Waals surface area contributed by atoms with Crippen molar-refractivity contribution in [1.82, 2.24) is 10.2 Å². The third kappa shape index (κ3) is 8.39. The molecular weight excluding hydrogens is 610 g/mol. The average molecular weight is 639 g/mol. The molecule has 5 nitrogen and oxygen atoms in total. The molecule has 3 aromatic rings. The Balaban J connectivity index is 1.93. The molecule has 0 unspecified atom stereocenters. The van der Waals surface area contributed by atoms with Crippen molar-refractivity contribution < 1.29 is 14.3 Å². The van der Waals surface area contributed by atoms with Crippen LogP contribution in [0, 0.1) is 3.57 Å². The van der Waals surface area contributed by atoms with Gasteiger partial charge in [-0.25, -0.2) is 0 Å². The Bertz CT molecular complexity index is 1160. The smallest absolute Gasteiger partial charge is 0.261 e. The van der Waals surface area contributed by atoms with E-state index in [1.165, 1.54) is 0 Å². The first-order valence-electron chi connectivity index (χ1n) is 11.7. The zero-order valence-corrected chi connectivity index (χ0v) is 23.9. The summed E-state index contributed by atoms with van der Waals surface area (Å²) in [7, 11) is 0. The van der Waals surface area contributed by atoms with Gasteiger partial charge in [0.25, 0.3) is 5.91 Å². The first-order chi connectivity index (χ1) is 17.3. The Labute approximate surface area is 236 Å². The molecule has 0 saturated carbocycles. The van der Waals surface area contributed by atoms with Crippen LogP contribution in [0.5, 0.6) is 5.75 Å². The van der Waals surface area contributed by atoms with E-state index in [2.05, 4.69) is 27.9 Å². The summed E-state index contributed by atoms with van der Waals surface area (Å²) in [4.78, 5) is 28.7. The second kappa shape index (κ2) is 13.9. The third-order valence-corrected chi connectivity index (χ3v) is 7.11. The fourth-order valence-electron chi connectivity index (χ4n) is 3.59. The monoisotopic (exact) mass is 638 g/mol. The number of nitrogens with zero attached hydrogens (tertiary/aromatic N) is 1. The van der Waals surface area contributed by atoms with Gasteiger partial charge in [0.1, 0.15) is 11.8 Å². The van der Waals surface area contributed by atoms with Crippen LogP contribution in [0.2, 0.25) is 10.0 Å². The lowest BCUT2D eigenvalue weighted by molar-refractivity contribution is -0.143. The summed E-state index contributed by atoms with van der Waals surface area (Å²) in [6, 6.07) is 21.4. The number of hydrogen-bond acceptors (Lipinski definition) is 3. The van der Waals surface area contributed by atoms with Crippen LogP contribution in [-0.2, 0) is 22.6 Å². The second-order valence-electron chi connectivity index (χ2n) is 8.52. The van der Waals surface area contributed by atoms with E-state index in [-0.39, 0.29) is 31.0 Å². The Morgan fingerprint density at radius 3 is 2.36 bits per heavy atom. The molecule has 0 bridgehead atoms. The molecule has 3 rings (SSSR count). The minimum Gasteiger partial charge on any atom is -0.484 e.